The third-order valence-corrected chi connectivity index (χ3v) is 4.22. The van der Waals surface area contributed by atoms with Gasteiger partial charge in [-0.1, -0.05) is 11.6 Å². The average Bonchev–Trinajstić information content (AvgIpc) is 3.11. The molecule has 1 amide bonds. The molecule has 1 saturated heterocycles. The summed E-state index contributed by atoms with van der Waals surface area (Å²) in [4.78, 5) is 18.5. The van der Waals surface area contributed by atoms with Gasteiger partial charge in [-0.25, -0.2) is 4.98 Å². The molecule has 3 heterocycles. The second-order valence-electron chi connectivity index (χ2n) is 5.92. The quantitative estimate of drug-likeness (QED) is 0.912. The van der Waals surface area contributed by atoms with Crippen LogP contribution in [0.1, 0.15) is 18.4 Å². The van der Waals surface area contributed by atoms with Gasteiger partial charge < -0.3 is 5.32 Å². The summed E-state index contributed by atoms with van der Waals surface area (Å²) in [6.07, 6.45) is 7.62. The minimum atomic E-state index is -0.0524. The number of likely N-dealkylation sites (tertiary alicyclic amines) is 1. The number of carbonyl (C=O) groups excluding carboxylic acids is 1. The molecule has 122 valence electrons. The average molecular weight is 334 g/mol. The third kappa shape index (κ3) is 4.30. The van der Waals surface area contributed by atoms with Gasteiger partial charge in [-0.05, 0) is 44.0 Å². The van der Waals surface area contributed by atoms with Gasteiger partial charge >= 0.3 is 0 Å². The van der Waals surface area contributed by atoms with Crippen LogP contribution in [0, 0.1) is 6.92 Å². The number of aryl methyl sites for hydroxylation is 1. The lowest BCUT2D eigenvalue weighted by molar-refractivity contribution is -0.117. The van der Waals surface area contributed by atoms with Crippen molar-refractivity contribution < 1.29 is 4.79 Å². The van der Waals surface area contributed by atoms with Crippen LogP contribution >= 0.6 is 11.6 Å². The normalized spacial score (nSPS) is 18.3. The van der Waals surface area contributed by atoms with Crippen LogP contribution in [0.3, 0.4) is 0 Å². The van der Waals surface area contributed by atoms with Crippen LogP contribution in [0.2, 0.25) is 5.02 Å². The van der Waals surface area contributed by atoms with Gasteiger partial charge in [0.05, 0.1) is 24.3 Å². The van der Waals surface area contributed by atoms with E-state index in [1.807, 2.05) is 24.0 Å². The Hall–Kier alpha value is -1.92. The van der Waals surface area contributed by atoms with Gasteiger partial charge in [0.1, 0.15) is 5.82 Å². The molecule has 1 atom stereocenters. The summed E-state index contributed by atoms with van der Waals surface area (Å²) < 4.78 is 1.96. The van der Waals surface area contributed by atoms with Crippen LogP contribution in [0.5, 0.6) is 0 Å². The Morgan fingerprint density at radius 3 is 3.00 bits per heavy atom. The number of anilines is 1. The van der Waals surface area contributed by atoms with Gasteiger partial charge in [-0.3, -0.25) is 14.4 Å². The molecule has 0 aliphatic carbocycles. The second-order valence-corrected chi connectivity index (χ2v) is 6.35. The highest BCUT2D eigenvalue weighted by Gasteiger charge is 2.26. The van der Waals surface area contributed by atoms with E-state index in [1.54, 1.807) is 12.1 Å². The fraction of sp³-hybridized carbons (Fsp3) is 0.438. The van der Waals surface area contributed by atoms with E-state index in [-0.39, 0.29) is 5.91 Å². The van der Waals surface area contributed by atoms with Crippen molar-refractivity contribution in [2.45, 2.75) is 32.4 Å². The molecule has 1 fully saturated rings. The van der Waals surface area contributed by atoms with Crippen molar-refractivity contribution in [3.63, 3.8) is 0 Å². The lowest BCUT2D eigenvalue weighted by Crippen LogP contribution is -2.39. The first-order valence-corrected chi connectivity index (χ1v) is 8.12. The van der Waals surface area contributed by atoms with Crippen molar-refractivity contribution in [1.82, 2.24) is 19.7 Å². The Kier molecular flexibility index (Phi) is 4.93. The van der Waals surface area contributed by atoms with E-state index in [2.05, 4.69) is 20.3 Å². The number of amides is 1. The number of hydrogen-bond acceptors (Lipinski definition) is 4. The fourth-order valence-corrected chi connectivity index (χ4v) is 3.02. The van der Waals surface area contributed by atoms with Crippen LogP contribution in [0.15, 0.2) is 30.7 Å². The molecule has 0 spiro atoms. The molecule has 6 nitrogen and oxygen atoms in total. The highest BCUT2D eigenvalue weighted by molar-refractivity contribution is 6.30. The zero-order chi connectivity index (χ0) is 16.2. The molecule has 0 unspecified atom stereocenters. The summed E-state index contributed by atoms with van der Waals surface area (Å²) in [7, 11) is 0. The molecule has 3 rings (SSSR count). The third-order valence-electron chi connectivity index (χ3n) is 4.00. The minimum absolute atomic E-state index is 0.0524. The van der Waals surface area contributed by atoms with Crippen LogP contribution in [0.25, 0.3) is 0 Å². The number of halogens is 1. The first-order valence-electron chi connectivity index (χ1n) is 7.74. The van der Waals surface area contributed by atoms with Crippen molar-refractivity contribution in [1.29, 1.82) is 0 Å². The highest BCUT2D eigenvalue weighted by Crippen LogP contribution is 2.19. The van der Waals surface area contributed by atoms with Gasteiger partial charge in [-0.2, -0.15) is 5.10 Å². The lowest BCUT2D eigenvalue weighted by Gasteiger charge is -2.23. The molecule has 1 aliphatic rings. The molecule has 1 N–H and O–H groups in total. The maximum atomic E-state index is 12.2. The minimum Gasteiger partial charge on any atom is -0.310 e. The summed E-state index contributed by atoms with van der Waals surface area (Å²) in [6.45, 7) is 4.16. The van der Waals surface area contributed by atoms with Crippen LogP contribution in [-0.2, 0) is 11.3 Å². The molecule has 23 heavy (non-hydrogen) atoms. The van der Waals surface area contributed by atoms with E-state index >= 15 is 0 Å². The zero-order valence-corrected chi connectivity index (χ0v) is 13.8. The maximum absolute atomic E-state index is 12.2. The second kappa shape index (κ2) is 7.10. The van der Waals surface area contributed by atoms with Crippen LogP contribution in [0.4, 0.5) is 5.82 Å². The standard InChI is InChI=1S/C16H20ClN5O/c1-12-7-19-22(9-12)10-14-3-2-6-21(14)11-16(23)20-15-5-4-13(17)8-18-15/h4-5,7-9,14H,2-3,6,10-11H2,1H3,(H,18,20,23)/t14-/m0/s1. The summed E-state index contributed by atoms with van der Waals surface area (Å²) in [5, 5.41) is 7.70. The number of nitrogens with zero attached hydrogens (tertiary/aromatic N) is 4. The Bertz CT molecular complexity index is 669. The summed E-state index contributed by atoms with van der Waals surface area (Å²) in [5.41, 5.74) is 1.15. The molecule has 0 bridgehead atoms. The van der Waals surface area contributed by atoms with Crippen molar-refractivity contribution in [3.8, 4) is 0 Å². The topological polar surface area (TPSA) is 63.1 Å². The Morgan fingerprint density at radius 1 is 1.43 bits per heavy atom. The SMILES string of the molecule is Cc1cnn(C[C@@H]2CCCN2CC(=O)Nc2ccc(Cl)cn2)c1. The molecule has 2 aromatic heterocycles. The predicted octanol–water partition coefficient (Wildman–Crippen LogP) is 2.34. The zero-order valence-electron chi connectivity index (χ0n) is 13.1. The van der Waals surface area contributed by atoms with Gasteiger partial charge in [0.15, 0.2) is 0 Å². The van der Waals surface area contributed by atoms with Gasteiger partial charge in [0, 0.05) is 18.4 Å². The smallest absolute Gasteiger partial charge is 0.239 e. The van der Waals surface area contributed by atoms with Gasteiger partial charge in [0.2, 0.25) is 5.91 Å². The van der Waals surface area contributed by atoms with E-state index in [0.29, 0.717) is 23.4 Å². The molecule has 7 heteroatoms. The van der Waals surface area contributed by atoms with E-state index in [4.69, 9.17) is 11.6 Å². The van der Waals surface area contributed by atoms with E-state index < -0.39 is 0 Å². The molecule has 0 aromatic carbocycles. The summed E-state index contributed by atoms with van der Waals surface area (Å²) >= 11 is 5.79. The maximum Gasteiger partial charge on any atom is 0.239 e. The Labute approximate surface area is 140 Å². The molecule has 1 aliphatic heterocycles. The van der Waals surface area contributed by atoms with Gasteiger partial charge in [0.25, 0.3) is 0 Å². The number of nitrogens with one attached hydrogen (secondary N) is 1. The molecular formula is C16H20ClN5O. The number of hydrogen-bond donors (Lipinski definition) is 1. The Balaban J connectivity index is 1.55. The number of carbonyl (C=O) groups is 1. The molecule has 2 aromatic rings. The molecule has 0 radical (unpaired) electrons. The van der Waals surface area contributed by atoms with Crippen molar-refractivity contribution >= 4 is 23.3 Å². The summed E-state index contributed by atoms with van der Waals surface area (Å²) in [5.74, 6) is 0.473. The van der Waals surface area contributed by atoms with Crippen LogP contribution in [-0.4, -0.2) is 44.7 Å². The van der Waals surface area contributed by atoms with E-state index in [1.165, 1.54) is 6.20 Å². The molecular weight excluding hydrogens is 314 g/mol. The van der Waals surface area contributed by atoms with Crippen LogP contribution < -0.4 is 5.32 Å². The van der Waals surface area contributed by atoms with Gasteiger partial charge in [-0.15, -0.1) is 0 Å². The van der Waals surface area contributed by atoms with Crippen molar-refractivity contribution in [2.24, 2.45) is 0 Å². The number of aromatic nitrogens is 3. The Morgan fingerprint density at radius 2 is 2.30 bits per heavy atom. The first kappa shape index (κ1) is 16.0. The fourth-order valence-electron chi connectivity index (χ4n) is 2.91. The monoisotopic (exact) mass is 333 g/mol. The predicted molar refractivity (Wildman–Crippen MR) is 89.4 cm³/mol. The molecule has 0 saturated carbocycles. The first-order chi connectivity index (χ1) is 11.1. The summed E-state index contributed by atoms with van der Waals surface area (Å²) in [6, 6.07) is 3.76. The van der Waals surface area contributed by atoms with E-state index in [0.717, 1.165) is 31.5 Å². The van der Waals surface area contributed by atoms with Crippen molar-refractivity contribution in [3.05, 3.63) is 41.3 Å². The number of pyridine rings is 1. The van der Waals surface area contributed by atoms with Crippen molar-refractivity contribution in [2.75, 3.05) is 18.4 Å². The van der Waals surface area contributed by atoms with E-state index in [9.17, 15) is 4.79 Å². The largest absolute Gasteiger partial charge is 0.310 e. The number of rotatable bonds is 5. The highest BCUT2D eigenvalue weighted by atomic mass is 35.5. The lowest BCUT2D eigenvalue weighted by atomic mass is 10.2.